The summed E-state index contributed by atoms with van der Waals surface area (Å²) in [5, 5.41) is 14.5. The lowest BCUT2D eigenvalue weighted by atomic mass is 10.1. The Kier molecular flexibility index (Phi) is 8.92. The first-order valence-electron chi connectivity index (χ1n) is 6.43. The summed E-state index contributed by atoms with van der Waals surface area (Å²) < 4.78 is 3.97. The fraction of sp³-hybridized carbons (Fsp3) is 0.267. The molecule has 0 amide bonds. The Bertz CT molecular complexity index is 484. The number of nitrogens with one attached hydrogen (secondary N) is 1. The first-order valence-corrected chi connectivity index (χ1v) is 6.43. The molecule has 1 aromatic rings. The number of nitrogens with two attached hydrogens (primary N) is 1. The normalized spacial score (nSPS) is 9.62. The Hall–Kier alpha value is -2.63. The van der Waals surface area contributed by atoms with E-state index >= 15 is 0 Å². The molecule has 0 saturated heterocycles. The van der Waals surface area contributed by atoms with Crippen LogP contribution in [0.15, 0.2) is 36.4 Å². The summed E-state index contributed by atoms with van der Waals surface area (Å²) in [6, 6.07) is 8.06. The smallest absolute Gasteiger partial charge is 0.338 e. The number of aliphatic carboxylic acids is 1. The Morgan fingerprint density at radius 2 is 1.57 bits per heavy atom. The summed E-state index contributed by atoms with van der Waals surface area (Å²) in [5.74, 6) is -2.26. The van der Waals surface area contributed by atoms with Crippen molar-refractivity contribution < 1.29 is 19.4 Å². The number of hydrogen-bond acceptors (Lipinski definition) is 4. The van der Waals surface area contributed by atoms with Crippen molar-refractivity contribution in [2.45, 2.75) is 26.7 Å². The predicted octanol–water partition coefficient (Wildman–Crippen LogP) is 1.88. The van der Waals surface area contributed by atoms with E-state index in [2.05, 4.69) is 48.6 Å². The van der Waals surface area contributed by atoms with Crippen molar-refractivity contribution in [3.05, 3.63) is 47.5 Å². The van der Waals surface area contributed by atoms with Crippen LogP contribution in [0.3, 0.4) is 0 Å². The summed E-state index contributed by atoms with van der Waals surface area (Å²) in [5.41, 5.74) is 7.51. The monoisotopic (exact) mass is 292 g/mol. The summed E-state index contributed by atoms with van der Waals surface area (Å²) >= 11 is 0. The SMILES string of the molecule is CCc1ccc(CC)cc1.N=C(N)OC(=O)/C=C\C(=O)O. The molecule has 1 aromatic carbocycles. The van der Waals surface area contributed by atoms with Gasteiger partial charge in [0.05, 0.1) is 0 Å². The fourth-order valence-corrected chi connectivity index (χ4v) is 1.29. The zero-order valence-corrected chi connectivity index (χ0v) is 12.1. The van der Waals surface area contributed by atoms with Crippen LogP contribution in [0.25, 0.3) is 0 Å². The second-order valence-corrected chi connectivity index (χ2v) is 3.98. The highest BCUT2D eigenvalue weighted by Crippen LogP contribution is 2.04. The van der Waals surface area contributed by atoms with Crippen molar-refractivity contribution in [1.82, 2.24) is 0 Å². The maximum Gasteiger partial charge on any atom is 0.338 e. The first-order chi connectivity index (χ1) is 9.88. The highest BCUT2D eigenvalue weighted by atomic mass is 16.5. The third-order valence-corrected chi connectivity index (χ3v) is 2.41. The van der Waals surface area contributed by atoms with Crippen molar-refractivity contribution in [3.8, 4) is 0 Å². The van der Waals surface area contributed by atoms with Crippen LogP contribution in [-0.2, 0) is 27.2 Å². The zero-order valence-electron chi connectivity index (χ0n) is 12.1. The fourth-order valence-electron chi connectivity index (χ4n) is 1.29. The molecule has 0 radical (unpaired) electrons. The van der Waals surface area contributed by atoms with Gasteiger partial charge in [-0.05, 0) is 24.0 Å². The van der Waals surface area contributed by atoms with Crippen LogP contribution in [0.2, 0.25) is 0 Å². The maximum atomic E-state index is 10.4. The van der Waals surface area contributed by atoms with Gasteiger partial charge in [-0.3, -0.25) is 5.41 Å². The van der Waals surface area contributed by atoms with Gasteiger partial charge in [-0.15, -0.1) is 0 Å². The second-order valence-electron chi connectivity index (χ2n) is 3.98. The van der Waals surface area contributed by atoms with Crippen molar-refractivity contribution in [1.29, 1.82) is 5.41 Å². The number of hydrogen-bond donors (Lipinski definition) is 3. The van der Waals surface area contributed by atoms with Crippen LogP contribution in [0, 0.1) is 5.41 Å². The summed E-state index contributed by atoms with van der Waals surface area (Å²) in [6.45, 7) is 4.36. The topological polar surface area (TPSA) is 113 Å². The van der Waals surface area contributed by atoms with E-state index in [4.69, 9.17) is 10.5 Å². The maximum absolute atomic E-state index is 10.4. The molecule has 0 bridgehead atoms. The van der Waals surface area contributed by atoms with Gasteiger partial charge in [0.25, 0.3) is 6.02 Å². The van der Waals surface area contributed by atoms with Gasteiger partial charge in [0.15, 0.2) is 0 Å². The van der Waals surface area contributed by atoms with Crippen LogP contribution in [0.4, 0.5) is 0 Å². The highest BCUT2D eigenvalue weighted by Gasteiger charge is 1.98. The van der Waals surface area contributed by atoms with Gasteiger partial charge in [0, 0.05) is 12.2 Å². The molecular weight excluding hydrogens is 272 g/mol. The average Bonchev–Trinajstić information content (AvgIpc) is 2.45. The number of aryl methyl sites for hydroxylation is 2. The molecule has 21 heavy (non-hydrogen) atoms. The lowest BCUT2D eigenvalue weighted by Gasteiger charge is -1.97. The number of carbonyl (C=O) groups excluding carboxylic acids is 1. The number of carbonyl (C=O) groups is 2. The van der Waals surface area contributed by atoms with Crippen LogP contribution >= 0.6 is 0 Å². The van der Waals surface area contributed by atoms with Gasteiger partial charge >= 0.3 is 11.9 Å². The summed E-state index contributed by atoms with van der Waals surface area (Å²) in [6.07, 6.45) is 3.53. The van der Waals surface area contributed by atoms with E-state index in [0.717, 1.165) is 12.8 Å². The highest BCUT2D eigenvalue weighted by molar-refractivity contribution is 5.95. The van der Waals surface area contributed by atoms with Crippen molar-refractivity contribution in [2.24, 2.45) is 5.73 Å². The number of esters is 1. The molecule has 0 unspecified atom stereocenters. The van der Waals surface area contributed by atoms with Crippen molar-refractivity contribution in [2.75, 3.05) is 0 Å². The third-order valence-electron chi connectivity index (χ3n) is 2.41. The second kappa shape index (κ2) is 10.2. The molecule has 4 N–H and O–H groups in total. The molecule has 0 fully saturated rings. The molecule has 114 valence electrons. The number of ether oxygens (including phenoxy) is 1. The Morgan fingerprint density at radius 3 is 1.86 bits per heavy atom. The van der Waals surface area contributed by atoms with Crippen molar-refractivity contribution >= 4 is 18.0 Å². The molecule has 0 aliphatic rings. The first kappa shape index (κ1) is 18.4. The molecule has 0 aliphatic heterocycles. The molecule has 0 atom stereocenters. The van der Waals surface area contributed by atoms with Gasteiger partial charge in [-0.1, -0.05) is 38.1 Å². The van der Waals surface area contributed by atoms with E-state index in [1.165, 1.54) is 11.1 Å². The molecule has 0 saturated carbocycles. The van der Waals surface area contributed by atoms with Gasteiger partial charge in [0.1, 0.15) is 0 Å². The number of carboxylic acids is 1. The van der Waals surface area contributed by atoms with E-state index in [0.29, 0.717) is 12.2 Å². The molecule has 0 spiro atoms. The zero-order chi connectivity index (χ0) is 16.3. The quantitative estimate of drug-likeness (QED) is 0.339. The molecule has 0 heterocycles. The van der Waals surface area contributed by atoms with Gasteiger partial charge in [-0.25, -0.2) is 9.59 Å². The van der Waals surface area contributed by atoms with Gasteiger partial charge in [0.2, 0.25) is 0 Å². The largest absolute Gasteiger partial charge is 0.478 e. The Balaban J connectivity index is 0.000000382. The molecule has 6 nitrogen and oxygen atoms in total. The van der Waals surface area contributed by atoms with E-state index in [1.54, 1.807) is 0 Å². The van der Waals surface area contributed by atoms with Gasteiger partial charge < -0.3 is 15.6 Å². The van der Waals surface area contributed by atoms with E-state index < -0.39 is 18.0 Å². The van der Waals surface area contributed by atoms with E-state index in [1.807, 2.05) is 0 Å². The lowest BCUT2D eigenvalue weighted by molar-refractivity contribution is -0.133. The molecular formula is C15H20N2O4. The standard InChI is InChI=1S/C10H14.C5H6N2O4/c1-3-9-5-7-10(4-2)8-6-9;6-5(7)11-4(10)2-1-3(8)9/h5-8H,3-4H2,1-2H3;1-2H,(H3,6,7)(H,8,9)/b;2-1-. The molecule has 0 aliphatic carbocycles. The number of amidine groups is 1. The third kappa shape index (κ3) is 9.89. The Labute approximate surface area is 123 Å². The van der Waals surface area contributed by atoms with E-state index in [-0.39, 0.29) is 0 Å². The number of rotatable bonds is 4. The van der Waals surface area contributed by atoms with Crippen LogP contribution in [-0.4, -0.2) is 23.1 Å². The van der Waals surface area contributed by atoms with Crippen molar-refractivity contribution in [3.63, 3.8) is 0 Å². The molecule has 6 heteroatoms. The molecule has 0 aromatic heterocycles. The number of benzene rings is 1. The number of carboxylic acid groups (broad SMARTS) is 1. The van der Waals surface area contributed by atoms with Gasteiger partial charge in [-0.2, -0.15) is 0 Å². The lowest BCUT2D eigenvalue weighted by Crippen LogP contribution is -2.17. The van der Waals surface area contributed by atoms with Crippen LogP contribution in [0.1, 0.15) is 25.0 Å². The predicted molar refractivity (Wildman–Crippen MR) is 80.0 cm³/mol. The minimum Gasteiger partial charge on any atom is -0.478 e. The van der Waals surface area contributed by atoms with Crippen LogP contribution in [0.5, 0.6) is 0 Å². The summed E-state index contributed by atoms with van der Waals surface area (Å²) in [7, 11) is 0. The minimum absolute atomic E-state index is 0.589. The average molecular weight is 292 g/mol. The Morgan fingerprint density at radius 1 is 1.14 bits per heavy atom. The minimum atomic E-state index is -1.27. The summed E-state index contributed by atoms with van der Waals surface area (Å²) in [4.78, 5) is 20.2. The van der Waals surface area contributed by atoms with E-state index in [9.17, 15) is 9.59 Å². The van der Waals surface area contributed by atoms with Crippen LogP contribution < -0.4 is 5.73 Å². The molecule has 1 rings (SSSR count).